The zero-order valence-electron chi connectivity index (χ0n) is 28.3. The van der Waals surface area contributed by atoms with E-state index in [0.29, 0.717) is 17.0 Å². The molecule has 0 heterocycles. The van der Waals surface area contributed by atoms with Gasteiger partial charge in [-0.05, 0) is 89.2 Å². The second-order valence-electron chi connectivity index (χ2n) is 13.7. The van der Waals surface area contributed by atoms with Crippen molar-refractivity contribution in [3.05, 3.63) is 128 Å². The molecule has 0 saturated heterocycles. The average molecular weight is 767 g/mol. The van der Waals surface area contributed by atoms with Gasteiger partial charge in [-0.2, -0.15) is 4.31 Å². The number of aryl methyl sites for hydroxylation is 1. The van der Waals surface area contributed by atoms with E-state index in [0.717, 1.165) is 47.1 Å². The first-order valence-electron chi connectivity index (χ1n) is 15.9. The van der Waals surface area contributed by atoms with E-state index in [1.165, 1.54) is 25.1 Å². The van der Waals surface area contributed by atoms with Crippen molar-refractivity contribution in [2.75, 3.05) is 11.4 Å². The summed E-state index contributed by atoms with van der Waals surface area (Å²) in [6.45, 7) is 5.15. The Morgan fingerprint density at radius 3 is 2.00 bits per heavy atom. The molecule has 1 N–H and O–H groups in total. The summed E-state index contributed by atoms with van der Waals surface area (Å²) < 4.78 is 115. The molecule has 4 aromatic rings. The van der Waals surface area contributed by atoms with Crippen LogP contribution < -0.4 is 4.90 Å². The summed E-state index contributed by atoms with van der Waals surface area (Å²) in [5, 5.41) is 9.20. The Balaban J connectivity index is 1.66. The van der Waals surface area contributed by atoms with Crippen LogP contribution in [0.4, 0.5) is 32.0 Å². The number of hydrogen-bond acceptors (Lipinski definition) is 4. The van der Waals surface area contributed by atoms with E-state index in [1.807, 2.05) is 32.9 Å². The summed E-state index contributed by atoms with van der Waals surface area (Å²) in [5.74, 6) is -15.7. The van der Waals surface area contributed by atoms with Gasteiger partial charge in [-0.15, -0.1) is 0 Å². The van der Waals surface area contributed by atoms with Gasteiger partial charge in [-0.3, -0.25) is 4.79 Å². The Kier molecular flexibility index (Phi) is 10.9. The Labute approximate surface area is 301 Å². The number of carbonyl (C=O) groups excluding carboxylic acids is 1. The topological polar surface area (TPSA) is 95.0 Å². The molecule has 0 bridgehead atoms. The number of sulfonamides is 1. The highest BCUT2D eigenvalue weighted by Crippen LogP contribution is 2.42. The smallest absolute Gasteiger partial charge is 0.335 e. The molecule has 5 rings (SSSR count). The van der Waals surface area contributed by atoms with Crippen LogP contribution in [-0.2, 0) is 33.3 Å². The Bertz CT molecular complexity index is 2180. The molecule has 0 aliphatic heterocycles. The van der Waals surface area contributed by atoms with Crippen molar-refractivity contribution in [1.82, 2.24) is 4.31 Å². The molecule has 276 valence electrons. The summed E-state index contributed by atoms with van der Waals surface area (Å²) >= 11 is 6.14. The number of carboxylic acids is 1. The zero-order chi connectivity index (χ0) is 38.4. The molecule has 0 aromatic heterocycles. The van der Waals surface area contributed by atoms with Crippen LogP contribution in [0.2, 0.25) is 5.02 Å². The minimum absolute atomic E-state index is 0.110. The fourth-order valence-electron chi connectivity index (χ4n) is 5.72. The van der Waals surface area contributed by atoms with E-state index < -0.39 is 74.8 Å². The van der Waals surface area contributed by atoms with Crippen molar-refractivity contribution in [2.45, 2.75) is 69.9 Å². The van der Waals surface area contributed by atoms with Crippen LogP contribution in [0.15, 0.2) is 59.5 Å². The summed E-state index contributed by atoms with van der Waals surface area (Å²) in [4.78, 5) is 25.1. The van der Waals surface area contributed by atoms with Crippen LogP contribution in [0.1, 0.15) is 77.7 Å². The number of rotatable bonds is 11. The first-order valence-corrected chi connectivity index (χ1v) is 17.8. The normalized spacial score (nSPS) is 13.5. The van der Waals surface area contributed by atoms with Crippen LogP contribution in [-0.4, -0.2) is 36.3 Å². The minimum Gasteiger partial charge on any atom is -0.478 e. The number of halogens is 7. The molecular formula is C37H33ClF6N2O5S. The Morgan fingerprint density at radius 2 is 1.46 bits per heavy atom. The quantitative estimate of drug-likeness (QED) is 0.0936. The summed E-state index contributed by atoms with van der Waals surface area (Å²) in [5.41, 5.74) is 2.44. The van der Waals surface area contributed by atoms with Gasteiger partial charge in [0.2, 0.25) is 21.7 Å². The van der Waals surface area contributed by atoms with Crippen LogP contribution in [0, 0.1) is 41.8 Å². The molecule has 7 nitrogen and oxygen atoms in total. The molecule has 1 amide bonds. The van der Waals surface area contributed by atoms with Gasteiger partial charge < -0.3 is 10.0 Å². The summed E-state index contributed by atoms with van der Waals surface area (Å²) in [7, 11) is -5.74. The fourth-order valence-corrected chi connectivity index (χ4v) is 7.43. The highest BCUT2D eigenvalue weighted by Gasteiger charge is 2.39. The highest BCUT2D eigenvalue weighted by molar-refractivity contribution is 7.89. The van der Waals surface area contributed by atoms with Gasteiger partial charge in [0.15, 0.2) is 28.2 Å². The molecule has 0 unspecified atom stereocenters. The number of nitrogens with zero attached hydrogens (tertiary/aromatic N) is 2. The third-order valence-electron chi connectivity index (χ3n) is 8.75. The van der Waals surface area contributed by atoms with Gasteiger partial charge in [0.1, 0.15) is 5.82 Å². The Hall–Kier alpha value is -4.40. The first kappa shape index (κ1) is 38.8. The largest absolute Gasteiger partial charge is 0.478 e. The minimum atomic E-state index is -5.74. The standard InChI is InChI=1S/C37H33ClF6N2O5S/c1-19-11-22(36(48)49)8-10-28(19)46(16-20-12-24(21-5-6-21)14-25(13-20)37(2,3)4)29(47)18-45(17-23-7-9-26(39)15-27(23)38)52(50,51)35-33(43)31(41)30(40)32(42)34(35)44/h7-15,21H,5-6,16-18H2,1-4H3,(H,48,49). The molecule has 52 heavy (non-hydrogen) atoms. The van der Waals surface area contributed by atoms with E-state index >= 15 is 8.78 Å². The highest BCUT2D eigenvalue weighted by atomic mass is 35.5. The maximum atomic E-state index is 15.0. The second-order valence-corrected chi connectivity index (χ2v) is 16.0. The molecule has 1 aliphatic carbocycles. The van der Waals surface area contributed by atoms with Gasteiger partial charge in [-0.25, -0.2) is 39.6 Å². The number of carboxylic acid groups (broad SMARTS) is 1. The summed E-state index contributed by atoms with van der Waals surface area (Å²) in [6, 6.07) is 12.4. The van der Waals surface area contributed by atoms with Gasteiger partial charge in [0.25, 0.3) is 0 Å². The number of amides is 1. The third kappa shape index (κ3) is 7.98. The second kappa shape index (κ2) is 14.6. The van der Waals surface area contributed by atoms with Gasteiger partial charge in [-0.1, -0.05) is 56.6 Å². The lowest BCUT2D eigenvalue weighted by Gasteiger charge is -2.30. The van der Waals surface area contributed by atoms with E-state index in [9.17, 15) is 40.7 Å². The molecule has 1 aliphatic rings. The maximum Gasteiger partial charge on any atom is 0.335 e. The molecular weight excluding hydrogens is 734 g/mol. The number of benzene rings is 4. The van der Waals surface area contributed by atoms with E-state index in [-0.39, 0.29) is 38.1 Å². The van der Waals surface area contributed by atoms with Crippen LogP contribution in [0.3, 0.4) is 0 Å². The average Bonchev–Trinajstić information content (AvgIpc) is 3.91. The molecule has 0 radical (unpaired) electrons. The molecule has 4 aromatic carbocycles. The third-order valence-corrected chi connectivity index (χ3v) is 10.9. The Morgan fingerprint density at radius 1 is 0.846 bits per heavy atom. The van der Waals surface area contributed by atoms with E-state index in [2.05, 4.69) is 6.07 Å². The van der Waals surface area contributed by atoms with Crippen LogP contribution in [0.5, 0.6) is 0 Å². The lowest BCUT2D eigenvalue weighted by molar-refractivity contribution is -0.119. The number of carbonyl (C=O) groups is 2. The molecule has 0 spiro atoms. The van der Waals surface area contributed by atoms with Crippen molar-refractivity contribution < 1.29 is 49.5 Å². The number of anilines is 1. The van der Waals surface area contributed by atoms with Gasteiger partial charge in [0.05, 0.1) is 18.7 Å². The lowest BCUT2D eigenvalue weighted by atomic mass is 9.84. The van der Waals surface area contributed by atoms with Crippen molar-refractivity contribution in [3.8, 4) is 0 Å². The fraction of sp³-hybridized carbons (Fsp3) is 0.297. The van der Waals surface area contributed by atoms with Gasteiger partial charge >= 0.3 is 5.97 Å². The van der Waals surface area contributed by atoms with Gasteiger partial charge in [0, 0.05) is 17.3 Å². The molecule has 1 fully saturated rings. The lowest BCUT2D eigenvalue weighted by Crippen LogP contribution is -2.43. The predicted octanol–water partition coefficient (Wildman–Crippen LogP) is 8.78. The van der Waals surface area contributed by atoms with Crippen LogP contribution >= 0.6 is 11.6 Å². The SMILES string of the molecule is Cc1cc(C(=O)O)ccc1N(Cc1cc(C2CC2)cc(C(C)(C)C)c1)C(=O)CN(Cc1ccc(F)cc1Cl)S(=O)(=O)c1c(F)c(F)c(F)c(F)c1F. The number of hydrogen-bond donors (Lipinski definition) is 1. The first-order chi connectivity index (χ1) is 24.2. The molecule has 1 saturated carbocycles. The zero-order valence-corrected chi connectivity index (χ0v) is 29.9. The number of aromatic carboxylic acids is 1. The maximum absolute atomic E-state index is 15.0. The predicted molar refractivity (Wildman–Crippen MR) is 182 cm³/mol. The van der Waals surface area contributed by atoms with Crippen molar-refractivity contribution in [1.29, 1.82) is 0 Å². The van der Waals surface area contributed by atoms with Crippen molar-refractivity contribution in [2.24, 2.45) is 0 Å². The monoisotopic (exact) mass is 766 g/mol. The molecule has 0 atom stereocenters. The van der Waals surface area contributed by atoms with Crippen molar-refractivity contribution >= 4 is 39.2 Å². The van der Waals surface area contributed by atoms with Crippen LogP contribution in [0.25, 0.3) is 0 Å². The molecule has 15 heteroatoms. The summed E-state index contributed by atoms with van der Waals surface area (Å²) in [6.07, 6.45) is 1.92. The van der Waals surface area contributed by atoms with E-state index in [4.69, 9.17) is 11.6 Å². The van der Waals surface area contributed by atoms with Crippen molar-refractivity contribution in [3.63, 3.8) is 0 Å². The van der Waals surface area contributed by atoms with E-state index in [1.54, 1.807) is 0 Å².